The van der Waals surface area contributed by atoms with Crippen molar-refractivity contribution < 1.29 is 41.2 Å². The van der Waals surface area contributed by atoms with Crippen molar-refractivity contribution in [3.63, 3.8) is 0 Å². The predicted molar refractivity (Wildman–Crippen MR) is 142 cm³/mol. The smallest absolute Gasteiger partial charge is 0.347 e. The Bertz CT molecular complexity index is 1240. The third kappa shape index (κ3) is 8.51. The van der Waals surface area contributed by atoms with Gasteiger partial charge in [0, 0.05) is 11.1 Å². The molecule has 2 atom stereocenters. The van der Waals surface area contributed by atoms with Crippen LogP contribution in [-0.4, -0.2) is 13.2 Å². The van der Waals surface area contributed by atoms with Crippen LogP contribution in [0.1, 0.15) is 23.7 Å². The van der Waals surface area contributed by atoms with Gasteiger partial charge in [-0.3, -0.25) is 9.47 Å². The Labute approximate surface area is 238 Å². The predicted octanol–water partition coefficient (Wildman–Crippen LogP) is 9.99. The van der Waals surface area contributed by atoms with Gasteiger partial charge in [-0.1, -0.05) is 48.5 Å². The summed E-state index contributed by atoms with van der Waals surface area (Å²) in [6, 6.07) is 26.2. The lowest BCUT2D eigenvalue weighted by atomic mass is 10.2. The summed E-state index contributed by atoms with van der Waals surface area (Å²) in [5.74, 6) is 1.50. The minimum Gasteiger partial charge on any atom is -0.456 e. The molecule has 4 aromatic carbocycles. The third-order valence-electron chi connectivity index (χ3n) is 5.10. The molecule has 39 heavy (non-hydrogen) atoms. The highest BCUT2D eigenvalue weighted by molar-refractivity contribution is 9.10. The quantitative estimate of drug-likeness (QED) is 0.111. The van der Waals surface area contributed by atoms with Gasteiger partial charge in [-0.05, 0) is 80.4 Å². The largest absolute Gasteiger partial charge is 0.456 e. The second kappa shape index (κ2) is 13.9. The minimum absolute atomic E-state index is 0.0742. The zero-order valence-electron chi connectivity index (χ0n) is 19.9. The molecule has 0 radical (unpaired) electrons. The molecule has 0 amide bonds. The summed E-state index contributed by atoms with van der Waals surface area (Å²) in [4.78, 5) is 0. The van der Waals surface area contributed by atoms with Gasteiger partial charge in [0.2, 0.25) is 0 Å². The summed E-state index contributed by atoms with van der Waals surface area (Å²) in [6.45, 7) is -6.57. The van der Waals surface area contributed by atoms with E-state index in [1.54, 1.807) is 60.7 Å². The van der Waals surface area contributed by atoms with Crippen LogP contribution in [0.25, 0.3) is 0 Å². The van der Waals surface area contributed by atoms with Gasteiger partial charge in [-0.15, -0.1) is 0 Å². The zero-order chi connectivity index (χ0) is 27.8. The second-order valence-electron chi connectivity index (χ2n) is 7.80. The number of halogens is 6. The molecule has 0 fully saturated rings. The summed E-state index contributed by atoms with van der Waals surface area (Å²) in [7, 11) is 0. The van der Waals surface area contributed by atoms with E-state index in [0.29, 0.717) is 20.4 Å². The van der Waals surface area contributed by atoms with Crippen molar-refractivity contribution in [1.29, 1.82) is 0 Å². The molecule has 4 rings (SSSR count). The Morgan fingerprint density at radius 1 is 0.487 bits per heavy atom. The maximum atomic E-state index is 13.4. The van der Waals surface area contributed by atoms with E-state index in [1.165, 1.54) is 36.4 Å². The normalized spacial score (nSPS) is 12.9. The van der Waals surface area contributed by atoms with E-state index in [9.17, 15) is 17.6 Å². The van der Waals surface area contributed by atoms with E-state index >= 15 is 0 Å². The van der Waals surface area contributed by atoms with Gasteiger partial charge in [0.15, 0.2) is 12.6 Å². The molecule has 4 aromatic rings. The first-order chi connectivity index (χ1) is 18.8. The summed E-state index contributed by atoms with van der Waals surface area (Å²) in [5.41, 5.74) is 0.148. The number of para-hydroxylation sites is 2. The fourth-order valence-corrected chi connectivity index (χ4v) is 4.05. The van der Waals surface area contributed by atoms with Gasteiger partial charge < -0.3 is 14.2 Å². The van der Waals surface area contributed by atoms with E-state index in [0.717, 1.165) is 0 Å². The van der Waals surface area contributed by atoms with E-state index < -0.39 is 25.8 Å². The zero-order valence-corrected chi connectivity index (χ0v) is 23.0. The molecule has 0 heterocycles. The molecule has 0 aromatic heterocycles. The molecule has 2 unspecified atom stereocenters. The van der Waals surface area contributed by atoms with Crippen molar-refractivity contribution in [2.75, 3.05) is 0 Å². The minimum atomic E-state index is -3.29. The third-order valence-corrected chi connectivity index (χ3v) is 6.41. The fraction of sp³-hybridized carbons (Fsp3) is 0.143. The highest BCUT2D eigenvalue weighted by atomic mass is 79.9. The Kier molecular flexibility index (Phi) is 10.4. The number of hydrogen-bond acceptors (Lipinski definition) is 5. The molecule has 0 aliphatic carbocycles. The van der Waals surface area contributed by atoms with Crippen molar-refractivity contribution in [2.45, 2.75) is 25.8 Å². The maximum Gasteiger partial charge on any atom is 0.347 e. The summed E-state index contributed by atoms with van der Waals surface area (Å²) >= 11 is 6.71. The number of alkyl halides is 4. The standard InChI is InChI=1S/C28H20Br2F4O5/c29-21-13-11-17(15-23(21)35-19-7-3-1-4-8-19)25(38-27(31)32)37-26(39-28(33)34)18-12-14-22(30)24(16-18)36-20-9-5-2-6-10-20/h1-16,25-28H. The van der Waals surface area contributed by atoms with Crippen LogP contribution in [0.15, 0.2) is 106 Å². The number of rotatable bonds is 12. The fourth-order valence-electron chi connectivity index (χ4n) is 3.40. The van der Waals surface area contributed by atoms with Gasteiger partial charge >= 0.3 is 13.2 Å². The van der Waals surface area contributed by atoms with Gasteiger partial charge in [0.05, 0.1) is 8.95 Å². The maximum absolute atomic E-state index is 13.4. The lowest BCUT2D eigenvalue weighted by molar-refractivity contribution is -0.332. The first-order valence-corrected chi connectivity index (χ1v) is 12.9. The molecule has 0 aliphatic rings. The van der Waals surface area contributed by atoms with Crippen molar-refractivity contribution in [3.8, 4) is 23.0 Å². The number of ether oxygens (including phenoxy) is 5. The highest BCUT2D eigenvalue weighted by Crippen LogP contribution is 2.39. The average molecular weight is 672 g/mol. The Morgan fingerprint density at radius 3 is 1.23 bits per heavy atom. The van der Waals surface area contributed by atoms with Crippen LogP contribution in [0, 0.1) is 0 Å². The first-order valence-electron chi connectivity index (χ1n) is 11.4. The highest BCUT2D eigenvalue weighted by Gasteiger charge is 2.28. The molecule has 204 valence electrons. The summed E-state index contributed by atoms with van der Waals surface area (Å²) in [6.07, 6.45) is -3.61. The Balaban J connectivity index is 1.64. The summed E-state index contributed by atoms with van der Waals surface area (Å²) < 4.78 is 81.3. The van der Waals surface area contributed by atoms with Crippen molar-refractivity contribution in [1.82, 2.24) is 0 Å². The van der Waals surface area contributed by atoms with Crippen LogP contribution in [0.4, 0.5) is 17.6 Å². The SMILES string of the molecule is FC(F)OC(OC(OC(F)F)c1ccc(Br)c(Oc2ccccc2)c1)c1ccc(Br)c(Oc2ccccc2)c1. The topological polar surface area (TPSA) is 46.2 Å². The average Bonchev–Trinajstić information content (AvgIpc) is 2.91. The van der Waals surface area contributed by atoms with Crippen LogP contribution in [0.3, 0.4) is 0 Å². The molecule has 0 saturated heterocycles. The number of hydrogen-bond donors (Lipinski definition) is 0. The molecular weight excluding hydrogens is 652 g/mol. The van der Waals surface area contributed by atoms with Crippen LogP contribution in [-0.2, 0) is 14.2 Å². The van der Waals surface area contributed by atoms with Crippen molar-refractivity contribution in [2.24, 2.45) is 0 Å². The second-order valence-corrected chi connectivity index (χ2v) is 9.51. The van der Waals surface area contributed by atoms with Crippen molar-refractivity contribution >= 4 is 31.9 Å². The van der Waals surface area contributed by atoms with Gasteiger partial charge in [0.25, 0.3) is 0 Å². The van der Waals surface area contributed by atoms with E-state index in [2.05, 4.69) is 41.3 Å². The van der Waals surface area contributed by atoms with Crippen molar-refractivity contribution in [3.05, 3.63) is 117 Å². The lowest BCUT2D eigenvalue weighted by Crippen LogP contribution is -2.19. The molecule has 0 spiro atoms. The summed E-state index contributed by atoms with van der Waals surface area (Å²) in [5, 5.41) is 0. The Morgan fingerprint density at radius 2 is 0.872 bits per heavy atom. The molecular formula is C28H20Br2F4O5. The van der Waals surface area contributed by atoms with Gasteiger partial charge in [-0.2, -0.15) is 17.6 Å². The monoisotopic (exact) mass is 670 g/mol. The van der Waals surface area contributed by atoms with Crippen LogP contribution in [0.5, 0.6) is 23.0 Å². The van der Waals surface area contributed by atoms with Crippen LogP contribution < -0.4 is 9.47 Å². The molecule has 11 heteroatoms. The Hall–Kier alpha value is -2.96. The molecule has 0 aliphatic heterocycles. The lowest BCUT2D eigenvalue weighted by Gasteiger charge is -2.26. The molecule has 0 N–H and O–H groups in total. The van der Waals surface area contributed by atoms with Gasteiger partial charge in [-0.25, -0.2) is 0 Å². The van der Waals surface area contributed by atoms with Crippen LogP contribution in [0.2, 0.25) is 0 Å². The van der Waals surface area contributed by atoms with Crippen LogP contribution >= 0.6 is 31.9 Å². The van der Waals surface area contributed by atoms with E-state index in [1.807, 2.05) is 0 Å². The van der Waals surface area contributed by atoms with E-state index in [4.69, 9.17) is 14.2 Å². The van der Waals surface area contributed by atoms with E-state index in [-0.39, 0.29) is 22.6 Å². The first kappa shape index (κ1) is 29.0. The molecule has 0 saturated carbocycles. The molecule has 5 nitrogen and oxygen atoms in total. The number of benzene rings is 4. The molecule has 0 bridgehead atoms. The van der Waals surface area contributed by atoms with Gasteiger partial charge in [0.1, 0.15) is 23.0 Å².